The zero-order valence-electron chi connectivity index (χ0n) is 9.12. The molecule has 0 aromatic heterocycles. The number of piperazine rings is 1. The van der Waals surface area contributed by atoms with E-state index in [1.165, 1.54) is 0 Å². The number of nitrogen functional groups attached to an aromatic ring is 2. The highest BCUT2D eigenvalue weighted by Crippen LogP contribution is 2.28. The number of alkyl halides is 1. The fraction of sp³-hybridized carbons (Fsp3) is 0.455. The van der Waals surface area contributed by atoms with Gasteiger partial charge in [-0.3, -0.25) is 0 Å². The molecule has 1 aliphatic rings. The van der Waals surface area contributed by atoms with Gasteiger partial charge in [-0.25, -0.2) is 4.39 Å². The van der Waals surface area contributed by atoms with E-state index in [1.807, 2.05) is 12.1 Å². The van der Waals surface area contributed by atoms with Crippen molar-refractivity contribution in [1.29, 1.82) is 0 Å². The highest BCUT2D eigenvalue weighted by Gasteiger charge is 2.20. The third-order valence-electron chi connectivity index (χ3n) is 2.90. The number of halogens is 1. The van der Waals surface area contributed by atoms with Gasteiger partial charge >= 0.3 is 0 Å². The lowest BCUT2D eigenvalue weighted by Gasteiger charge is -2.34. The number of nitrogens with one attached hydrogen (secondary N) is 1. The molecule has 16 heavy (non-hydrogen) atoms. The van der Waals surface area contributed by atoms with Crippen molar-refractivity contribution in [3.05, 3.63) is 18.2 Å². The second-order valence-corrected chi connectivity index (χ2v) is 4.03. The van der Waals surface area contributed by atoms with Crippen LogP contribution in [0.3, 0.4) is 0 Å². The number of anilines is 3. The molecule has 1 unspecified atom stereocenters. The molecule has 0 saturated carbocycles. The second-order valence-electron chi connectivity index (χ2n) is 4.03. The predicted octanol–water partition coefficient (Wildman–Crippen LogP) is 0.599. The van der Waals surface area contributed by atoms with Gasteiger partial charge in [-0.15, -0.1) is 0 Å². The molecule has 1 saturated heterocycles. The first-order valence-corrected chi connectivity index (χ1v) is 5.40. The topological polar surface area (TPSA) is 67.3 Å². The first kappa shape index (κ1) is 11.0. The van der Waals surface area contributed by atoms with Crippen molar-refractivity contribution < 1.29 is 4.39 Å². The zero-order chi connectivity index (χ0) is 11.5. The van der Waals surface area contributed by atoms with Crippen LogP contribution in [0.5, 0.6) is 0 Å². The molecule has 88 valence electrons. The lowest BCUT2D eigenvalue weighted by Crippen LogP contribution is -2.51. The van der Waals surface area contributed by atoms with Gasteiger partial charge in [0.2, 0.25) is 0 Å². The van der Waals surface area contributed by atoms with Gasteiger partial charge in [0, 0.05) is 19.6 Å². The Hall–Kier alpha value is -1.49. The van der Waals surface area contributed by atoms with Crippen LogP contribution < -0.4 is 21.7 Å². The van der Waals surface area contributed by atoms with Crippen LogP contribution in [0.4, 0.5) is 21.5 Å². The van der Waals surface area contributed by atoms with Gasteiger partial charge in [0.1, 0.15) is 6.67 Å². The summed E-state index contributed by atoms with van der Waals surface area (Å²) >= 11 is 0. The van der Waals surface area contributed by atoms with Crippen molar-refractivity contribution in [2.24, 2.45) is 0 Å². The van der Waals surface area contributed by atoms with Gasteiger partial charge in [0.05, 0.1) is 23.1 Å². The molecule has 2 rings (SSSR count). The molecule has 1 aromatic rings. The third kappa shape index (κ3) is 2.04. The van der Waals surface area contributed by atoms with Gasteiger partial charge < -0.3 is 21.7 Å². The average molecular weight is 224 g/mol. The number of hydrogen-bond donors (Lipinski definition) is 3. The molecule has 0 radical (unpaired) electrons. The van der Waals surface area contributed by atoms with E-state index in [1.54, 1.807) is 6.07 Å². The largest absolute Gasteiger partial charge is 0.397 e. The Balaban J connectivity index is 2.20. The van der Waals surface area contributed by atoms with Crippen LogP contribution in [0.2, 0.25) is 0 Å². The van der Waals surface area contributed by atoms with Gasteiger partial charge in [-0.1, -0.05) is 6.07 Å². The molecule has 0 aliphatic carbocycles. The van der Waals surface area contributed by atoms with Gasteiger partial charge in [-0.05, 0) is 12.1 Å². The van der Waals surface area contributed by atoms with Crippen molar-refractivity contribution in [2.45, 2.75) is 6.04 Å². The van der Waals surface area contributed by atoms with Crippen LogP contribution in [0.15, 0.2) is 18.2 Å². The van der Waals surface area contributed by atoms with Crippen LogP contribution >= 0.6 is 0 Å². The van der Waals surface area contributed by atoms with E-state index in [0.29, 0.717) is 17.9 Å². The van der Waals surface area contributed by atoms with Crippen molar-refractivity contribution in [1.82, 2.24) is 5.32 Å². The molecule has 0 amide bonds. The molecule has 4 nitrogen and oxygen atoms in total. The lowest BCUT2D eigenvalue weighted by molar-refractivity contribution is 0.353. The summed E-state index contributed by atoms with van der Waals surface area (Å²) in [4.78, 5) is 2.08. The molecular formula is C11H17FN4. The fourth-order valence-electron chi connectivity index (χ4n) is 1.99. The monoisotopic (exact) mass is 224 g/mol. The van der Waals surface area contributed by atoms with E-state index >= 15 is 0 Å². The van der Waals surface area contributed by atoms with Crippen LogP contribution in [0.25, 0.3) is 0 Å². The number of nitrogens with two attached hydrogens (primary N) is 2. The Morgan fingerprint density at radius 3 is 3.00 bits per heavy atom. The minimum absolute atomic E-state index is 0.116. The molecule has 1 aliphatic heterocycles. The number of rotatable bonds is 2. The summed E-state index contributed by atoms with van der Waals surface area (Å²) < 4.78 is 12.6. The van der Waals surface area contributed by atoms with Crippen LogP contribution in [-0.2, 0) is 0 Å². The predicted molar refractivity (Wildman–Crippen MR) is 65.2 cm³/mol. The van der Waals surface area contributed by atoms with E-state index in [4.69, 9.17) is 11.5 Å². The van der Waals surface area contributed by atoms with E-state index in [-0.39, 0.29) is 12.7 Å². The number of para-hydroxylation sites is 1. The molecule has 1 fully saturated rings. The Morgan fingerprint density at radius 2 is 2.25 bits per heavy atom. The van der Waals surface area contributed by atoms with E-state index in [0.717, 1.165) is 18.8 Å². The average Bonchev–Trinajstić information content (AvgIpc) is 2.33. The summed E-state index contributed by atoms with van der Waals surface area (Å²) in [5.41, 5.74) is 13.7. The van der Waals surface area contributed by atoms with Crippen molar-refractivity contribution in [3.8, 4) is 0 Å². The Labute approximate surface area is 94.4 Å². The number of nitrogens with zero attached hydrogens (tertiary/aromatic N) is 1. The van der Waals surface area contributed by atoms with Crippen LogP contribution in [0.1, 0.15) is 0 Å². The van der Waals surface area contributed by atoms with Gasteiger partial charge in [0.15, 0.2) is 0 Å². The molecular weight excluding hydrogens is 207 g/mol. The van der Waals surface area contributed by atoms with Crippen molar-refractivity contribution in [3.63, 3.8) is 0 Å². The molecule has 5 heteroatoms. The second kappa shape index (κ2) is 4.57. The Morgan fingerprint density at radius 1 is 1.44 bits per heavy atom. The van der Waals surface area contributed by atoms with Gasteiger partial charge in [0.25, 0.3) is 0 Å². The summed E-state index contributed by atoms with van der Waals surface area (Å²) in [5, 5.41) is 3.11. The molecule has 0 spiro atoms. The van der Waals surface area contributed by atoms with Crippen molar-refractivity contribution in [2.75, 3.05) is 42.7 Å². The summed E-state index contributed by atoms with van der Waals surface area (Å²) in [5.74, 6) is 0. The summed E-state index contributed by atoms with van der Waals surface area (Å²) in [6, 6.07) is 5.45. The minimum atomic E-state index is -0.362. The normalized spacial score (nSPS) is 21.1. The summed E-state index contributed by atoms with van der Waals surface area (Å²) in [6.07, 6.45) is 0. The zero-order valence-corrected chi connectivity index (χ0v) is 9.12. The highest BCUT2D eigenvalue weighted by molar-refractivity contribution is 5.79. The number of benzene rings is 1. The first-order chi connectivity index (χ1) is 7.72. The summed E-state index contributed by atoms with van der Waals surface area (Å²) in [6.45, 7) is 1.86. The molecule has 1 aromatic carbocycles. The maximum absolute atomic E-state index is 12.6. The molecule has 5 N–H and O–H groups in total. The maximum atomic E-state index is 12.6. The van der Waals surface area contributed by atoms with Gasteiger partial charge in [-0.2, -0.15) is 0 Å². The Kier molecular flexibility index (Phi) is 3.14. The van der Waals surface area contributed by atoms with E-state index in [9.17, 15) is 4.39 Å². The van der Waals surface area contributed by atoms with E-state index in [2.05, 4.69) is 10.2 Å². The van der Waals surface area contributed by atoms with Crippen LogP contribution in [-0.4, -0.2) is 32.4 Å². The maximum Gasteiger partial charge on any atom is 0.106 e. The molecule has 1 atom stereocenters. The third-order valence-corrected chi connectivity index (χ3v) is 2.90. The molecule has 0 bridgehead atoms. The Bertz CT molecular complexity index is 369. The van der Waals surface area contributed by atoms with Crippen LogP contribution in [0, 0.1) is 0 Å². The highest BCUT2D eigenvalue weighted by atomic mass is 19.1. The quantitative estimate of drug-likeness (QED) is 0.643. The minimum Gasteiger partial charge on any atom is -0.397 e. The SMILES string of the molecule is Nc1cccc(N2CCNC(CF)C2)c1N. The standard InChI is InChI=1S/C11H17FN4/c12-6-8-7-16(5-4-15-8)10-3-1-2-9(13)11(10)14/h1-3,8,15H,4-7,13-14H2. The first-order valence-electron chi connectivity index (χ1n) is 5.40. The number of hydrogen-bond acceptors (Lipinski definition) is 4. The smallest absolute Gasteiger partial charge is 0.106 e. The lowest BCUT2D eigenvalue weighted by atomic mass is 10.1. The summed E-state index contributed by atoms with van der Waals surface area (Å²) in [7, 11) is 0. The fourth-order valence-corrected chi connectivity index (χ4v) is 1.99. The van der Waals surface area contributed by atoms with E-state index < -0.39 is 0 Å². The molecule has 1 heterocycles. The van der Waals surface area contributed by atoms with Crippen molar-refractivity contribution >= 4 is 17.1 Å².